The van der Waals surface area contributed by atoms with E-state index in [2.05, 4.69) is 49.5 Å². The molecule has 0 saturated carbocycles. The van der Waals surface area contributed by atoms with Crippen LogP contribution in [0.25, 0.3) is 17.0 Å². The number of halogens is 1. The van der Waals surface area contributed by atoms with Crippen LogP contribution in [-0.2, 0) is 6.54 Å². The van der Waals surface area contributed by atoms with Gasteiger partial charge in [-0.3, -0.25) is 9.69 Å². The Morgan fingerprint density at radius 3 is 2.52 bits per heavy atom. The number of nitrogens with zero attached hydrogens (tertiary/aromatic N) is 3. The van der Waals surface area contributed by atoms with Crippen molar-refractivity contribution >= 4 is 38.7 Å². The highest BCUT2D eigenvalue weighted by molar-refractivity contribution is 9.10. The summed E-state index contributed by atoms with van der Waals surface area (Å²) < 4.78 is 3.05. The molecule has 31 heavy (non-hydrogen) atoms. The maximum absolute atomic E-state index is 12.5. The van der Waals surface area contributed by atoms with E-state index < -0.39 is 6.10 Å². The first-order valence-corrected chi connectivity index (χ1v) is 11.4. The summed E-state index contributed by atoms with van der Waals surface area (Å²) in [4.78, 5) is 17.2. The molecule has 4 rings (SSSR count). The summed E-state index contributed by atoms with van der Waals surface area (Å²) in [5.74, 6) is -0.0283. The van der Waals surface area contributed by atoms with Crippen molar-refractivity contribution in [3.63, 3.8) is 0 Å². The SMILES string of the molecule is CN1CCN(C[C@H](O)Cn2cc(/C=C\C(=O)c3ccc(Br)cc3)c3ccccc32)CC1. The molecule has 5 nitrogen and oxygen atoms in total. The predicted molar refractivity (Wildman–Crippen MR) is 129 cm³/mol. The third-order valence-corrected chi connectivity index (χ3v) is 6.36. The molecule has 0 bridgehead atoms. The monoisotopic (exact) mass is 481 g/mol. The zero-order valence-corrected chi connectivity index (χ0v) is 19.3. The lowest BCUT2D eigenvalue weighted by atomic mass is 10.1. The highest BCUT2D eigenvalue weighted by Gasteiger charge is 2.18. The molecule has 1 aromatic heterocycles. The maximum Gasteiger partial charge on any atom is 0.185 e. The van der Waals surface area contributed by atoms with Crippen LogP contribution in [0.5, 0.6) is 0 Å². The predicted octanol–water partition coefficient (Wildman–Crippen LogP) is 3.91. The Bertz CT molecular complexity index is 1070. The number of rotatable bonds is 7. The summed E-state index contributed by atoms with van der Waals surface area (Å²) in [5.41, 5.74) is 2.70. The third-order valence-electron chi connectivity index (χ3n) is 5.83. The zero-order valence-electron chi connectivity index (χ0n) is 17.7. The van der Waals surface area contributed by atoms with Crippen molar-refractivity contribution in [1.82, 2.24) is 14.4 Å². The maximum atomic E-state index is 12.5. The number of ketones is 1. The van der Waals surface area contributed by atoms with Crippen molar-refractivity contribution in [3.05, 3.63) is 76.4 Å². The van der Waals surface area contributed by atoms with Gasteiger partial charge in [0.25, 0.3) is 0 Å². The molecule has 2 heterocycles. The van der Waals surface area contributed by atoms with Crippen molar-refractivity contribution in [2.24, 2.45) is 0 Å². The van der Waals surface area contributed by atoms with Gasteiger partial charge >= 0.3 is 0 Å². The van der Waals surface area contributed by atoms with Crippen LogP contribution in [0.3, 0.4) is 0 Å². The van der Waals surface area contributed by atoms with Crippen LogP contribution in [0.2, 0.25) is 0 Å². The molecule has 0 aliphatic carbocycles. The minimum Gasteiger partial charge on any atom is -0.390 e. The average molecular weight is 482 g/mol. The molecule has 1 aliphatic heterocycles. The highest BCUT2D eigenvalue weighted by atomic mass is 79.9. The Morgan fingerprint density at radius 2 is 1.77 bits per heavy atom. The van der Waals surface area contributed by atoms with E-state index in [1.807, 2.05) is 48.7 Å². The summed E-state index contributed by atoms with van der Waals surface area (Å²) in [5, 5.41) is 11.8. The summed E-state index contributed by atoms with van der Waals surface area (Å²) in [6.07, 6.45) is 5.08. The summed E-state index contributed by atoms with van der Waals surface area (Å²) in [6.45, 7) is 5.27. The van der Waals surface area contributed by atoms with Gasteiger partial charge in [0, 0.05) is 72.0 Å². The number of β-amino-alcohol motifs (C(OH)–C–C–N with tert-alkyl or cyclic N) is 1. The molecule has 1 N–H and O–H groups in total. The normalized spacial score (nSPS) is 16.9. The van der Waals surface area contributed by atoms with Gasteiger partial charge in [-0.25, -0.2) is 0 Å². The second-order valence-corrected chi connectivity index (χ2v) is 9.13. The van der Waals surface area contributed by atoms with Crippen LogP contribution in [0.15, 0.2) is 65.3 Å². The molecule has 162 valence electrons. The van der Waals surface area contributed by atoms with E-state index in [1.165, 1.54) is 0 Å². The second kappa shape index (κ2) is 9.92. The minimum atomic E-state index is -0.444. The summed E-state index contributed by atoms with van der Waals surface area (Å²) >= 11 is 3.40. The summed E-state index contributed by atoms with van der Waals surface area (Å²) in [6, 6.07) is 15.5. The molecule has 0 unspecified atom stereocenters. The molecule has 1 saturated heterocycles. The molecule has 2 aromatic carbocycles. The highest BCUT2D eigenvalue weighted by Crippen LogP contribution is 2.23. The fraction of sp³-hybridized carbons (Fsp3) is 0.320. The number of likely N-dealkylation sites (N-methyl/N-ethyl adjacent to an activating group) is 1. The van der Waals surface area contributed by atoms with Crippen LogP contribution in [0.4, 0.5) is 0 Å². The Labute approximate surface area is 191 Å². The van der Waals surface area contributed by atoms with E-state index in [4.69, 9.17) is 0 Å². The minimum absolute atomic E-state index is 0.0283. The van der Waals surface area contributed by atoms with Crippen LogP contribution < -0.4 is 0 Å². The van der Waals surface area contributed by atoms with E-state index in [-0.39, 0.29) is 5.78 Å². The number of aliphatic hydroxyl groups is 1. The van der Waals surface area contributed by atoms with E-state index >= 15 is 0 Å². The molecular formula is C25H28BrN3O2. The van der Waals surface area contributed by atoms with E-state index in [1.54, 1.807) is 6.08 Å². The smallest absolute Gasteiger partial charge is 0.185 e. The van der Waals surface area contributed by atoms with Crippen LogP contribution in [-0.4, -0.2) is 71.1 Å². The lowest BCUT2D eigenvalue weighted by Gasteiger charge is -2.33. The van der Waals surface area contributed by atoms with Crippen molar-refractivity contribution in [2.45, 2.75) is 12.6 Å². The number of hydrogen-bond donors (Lipinski definition) is 1. The second-order valence-electron chi connectivity index (χ2n) is 8.22. The van der Waals surface area contributed by atoms with E-state index in [0.717, 1.165) is 47.1 Å². The lowest BCUT2D eigenvalue weighted by molar-refractivity contribution is 0.0717. The number of carbonyl (C=O) groups is 1. The molecule has 6 heteroatoms. The van der Waals surface area contributed by atoms with Gasteiger partial charge in [-0.05, 0) is 49.5 Å². The number of allylic oxidation sites excluding steroid dienone is 1. The molecule has 1 fully saturated rings. The molecule has 1 atom stereocenters. The van der Waals surface area contributed by atoms with Crippen molar-refractivity contribution < 1.29 is 9.90 Å². The largest absolute Gasteiger partial charge is 0.390 e. The van der Waals surface area contributed by atoms with E-state index in [9.17, 15) is 9.90 Å². The van der Waals surface area contributed by atoms with Gasteiger partial charge in [-0.2, -0.15) is 0 Å². The Morgan fingerprint density at radius 1 is 1.06 bits per heavy atom. The van der Waals surface area contributed by atoms with Gasteiger partial charge in [0.15, 0.2) is 5.78 Å². The number of piperazine rings is 1. The van der Waals surface area contributed by atoms with Crippen LogP contribution in [0, 0.1) is 0 Å². The summed E-state index contributed by atoms with van der Waals surface area (Å²) in [7, 11) is 2.14. The van der Waals surface area contributed by atoms with Gasteiger partial charge < -0.3 is 14.6 Å². The van der Waals surface area contributed by atoms with Gasteiger partial charge in [0.1, 0.15) is 0 Å². The van der Waals surface area contributed by atoms with Crippen molar-refractivity contribution in [3.8, 4) is 0 Å². The number of carbonyl (C=O) groups excluding carboxylic acids is 1. The van der Waals surface area contributed by atoms with Crippen LogP contribution in [0.1, 0.15) is 15.9 Å². The van der Waals surface area contributed by atoms with Gasteiger partial charge in [-0.15, -0.1) is 0 Å². The van der Waals surface area contributed by atoms with Crippen molar-refractivity contribution in [1.29, 1.82) is 0 Å². The first-order chi connectivity index (χ1) is 15.0. The number of aromatic nitrogens is 1. The molecule has 3 aromatic rings. The number of para-hydroxylation sites is 1. The fourth-order valence-electron chi connectivity index (χ4n) is 4.05. The topological polar surface area (TPSA) is 48.7 Å². The standard InChI is InChI=1S/C25H28BrN3O2/c1-27-12-14-28(15-13-27)17-22(30)18-29-16-20(23-4-2-3-5-24(23)29)8-11-25(31)19-6-9-21(26)10-7-19/h2-11,16,22,30H,12-15,17-18H2,1H3/b11-8-/t22-/m0/s1. The fourth-order valence-corrected chi connectivity index (χ4v) is 4.31. The Hall–Kier alpha value is -2.25. The first kappa shape index (κ1) is 22.0. The average Bonchev–Trinajstić information content (AvgIpc) is 3.11. The number of hydrogen-bond acceptors (Lipinski definition) is 4. The first-order valence-electron chi connectivity index (χ1n) is 10.6. The molecule has 0 spiro atoms. The van der Waals surface area contributed by atoms with Gasteiger partial charge in [-0.1, -0.05) is 34.1 Å². The molecule has 0 amide bonds. The van der Waals surface area contributed by atoms with E-state index in [0.29, 0.717) is 18.7 Å². The van der Waals surface area contributed by atoms with Crippen LogP contribution >= 0.6 is 15.9 Å². The molecular weight excluding hydrogens is 454 g/mol. The number of benzene rings is 2. The van der Waals surface area contributed by atoms with Crippen molar-refractivity contribution in [2.75, 3.05) is 39.8 Å². The Balaban J connectivity index is 1.49. The van der Waals surface area contributed by atoms with Gasteiger partial charge in [0.05, 0.1) is 6.10 Å². The number of fused-ring (bicyclic) bond motifs is 1. The quantitative estimate of drug-likeness (QED) is 0.410. The molecule has 0 radical (unpaired) electrons. The van der Waals surface area contributed by atoms with Gasteiger partial charge in [0.2, 0.25) is 0 Å². The Kier molecular flexibility index (Phi) is 7.02. The zero-order chi connectivity index (χ0) is 21.8. The lowest BCUT2D eigenvalue weighted by Crippen LogP contribution is -2.47. The molecule has 1 aliphatic rings. The third kappa shape index (κ3) is 5.52. The number of aliphatic hydroxyl groups excluding tert-OH is 1.